The summed E-state index contributed by atoms with van der Waals surface area (Å²) in [6, 6.07) is -0.627. The average Bonchev–Trinajstić information content (AvgIpc) is 3.43. The summed E-state index contributed by atoms with van der Waals surface area (Å²) in [5.74, 6) is -0.0495. The minimum absolute atomic E-state index is 0.0134. The van der Waals surface area contributed by atoms with Gasteiger partial charge in [-0.25, -0.2) is 0 Å². The van der Waals surface area contributed by atoms with Crippen LogP contribution in [0.3, 0.4) is 0 Å². The number of ether oxygens (including phenoxy) is 1. The van der Waals surface area contributed by atoms with Gasteiger partial charge in [-0.2, -0.15) is 0 Å². The van der Waals surface area contributed by atoms with Crippen molar-refractivity contribution in [3.63, 3.8) is 0 Å². The molecule has 456 valence electrons. The highest BCUT2D eigenvalue weighted by Crippen LogP contribution is 2.19. The van der Waals surface area contributed by atoms with Crippen molar-refractivity contribution in [2.75, 3.05) is 13.2 Å². The second-order valence-electron chi connectivity index (χ2n) is 24.2. The van der Waals surface area contributed by atoms with Crippen LogP contribution in [0.5, 0.6) is 0 Å². The molecule has 0 saturated carbocycles. The molecule has 77 heavy (non-hydrogen) atoms. The van der Waals surface area contributed by atoms with Gasteiger partial charge < -0.3 is 20.3 Å². The molecule has 3 N–H and O–H groups in total. The lowest BCUT2D eigenvalue weighted by atomic mass is 10.0. The van der Waals surface area contributed by atoms with Crippen molar-refractivity contribution in [1.29, 1.82) is 0 Å². The lowest BCUT2D eigenvalue weighted by molar-refractivity contribution is -0.143. The number of carbonyl (C=O) groups excluding carboxylic acids is 2. The lowest BCUT2D eigenvalue weighted by Gasteiger charge is -2.20. The van der Waals surface area contributed by atoms with Gasteiger partial charge in [0.15, 0.2) is 0 Å². The van der Waals surface area contributed by atoms with E-state index in [1.807, 2.05) is 6.08 Å². The number of amides is 1. The van der Waals surface area contributed by atoms with E-state index in [-0.39, 0.29) is 18.5 Å². The van der Waals surface area contributed by atoms with Gasteiger partial charge in [0.25, 0.3) is 0 Å². The standard InChI is InChI=1S/C71H137NO5/c1-3-5-7-9-11-13-15-17-19-21-32-35-39-43-47-51-55-59-63-69(74)68(67-73)72-70(75)64-60-56-52-48-44-40-36-33-29-27-25-23-22-24-26-28-30-34-38-42-46-50-54-58-62-66-77-71(76)65-61-57-53-49-45-41-37-31-20-18-16-14-12-10-8-6-4-2/h18,20,59,63,68-69,73-74H,3-17,19,21-58,60-62,64-67H2,1-2H3,(H,72,75)/b20-18-,63-59+. The number of allylic oxidation sites excluding steroid dienone is 3. The highest BCUT2D eigenvalue weighted by Gasteiger charge is 2.18. The molecule has 0 aliphatic rings. The monoisotopic (exact) mass is 1080 g/mol. The topological polar surface area (TPSA) is 95.9 Å². The fourth-order valence-electron chi connectivity index (χ4n) is 11.1. The molecule has 0 radical (unpaired) electrons. The number of esters is 1. The second kappa shape index (κ2) is 66.8. The van der Waals surface area contributed by atoms with Crippen LogP contribution in [0.25, 0.3) is 0 Å². The molecule has 0 fully saturated rings. The van der Waals surface area contributed by atoms with Crippen molar-refractivity contribution in [3.05, 3.63) is 24.3 Å². The summed E-state index contributed by atoms with van der Waals surface area (Å²) in [6.45, 7) is 4.94. The van der Waals surface area contributed by atoms with Gasteiger partial charge in [-0.1, -0.05) is 346 Å². The number of rotatable bonds is 66. The Hall–Kier alpha value is -1.66. The van der Waals surface area contributed by atoms with Crippen LogP contribution in [0.1, 0.15) is 393 Å². The Bertz CT molecular complexity index is 1200. The van der Waals surface area contributed by atoms with Crippen molar-refractivity contribution in [1.82, 2.24) is 5.32 Å². The molecule has 2 atom stereocenters. The maximum absolute atomic E-state index is 12.5. The third-order valence-corrected chi connectivity index (χ3v) is 16.5. The zero-order valence-corrected chi connectivity index (χ0v) is 52.2. The van der Waals surface area contributed by atoms with Gasteiger partial charge in [0.2, 0.25) is 5.91 Å². The van der Waals surface area contributed by atoms with Crippen LogP contribution >= 0.6 is 0 Å². The van der Waals surface area contributed by atoms with Crippen LogP contribution in [0, 0.1) is 0 Å². The van der Waals surface area contributed by atoms with E-state index in [0.29, 0.717) is 19.4 Å². The largest absolute Gasteiger partial charge is 0.466 e. The lowest BCUT2D eigenvalue weighted by Crippen LogP contribution is -2.45. The minimum Gasteiger partial charge on any atom is -0.466 e. The Morgan fingerprint density at radius 1 is 0.351 bits per heavy atom. The third kappa shape index (κ3) is 63.4. The van der Waals surface area contributed by atoms with Crippen LogP contribution in [0.2, 0.25) is 0 Å². The zero-order valence-electron chi connectivity index (χ0n) is 52.2. The van der Waals surface area contributed by atoms with Crippen LogP contribution < -0.4 is 5.32 Å². The first-order chi connectivity index (χ1) is 38.0. The molecule has 0 aromatic carbocycles. The number of aliphatic hydroxyl groups is 2. The number of nitrogens with one attached hydrogen (secondary N) is 1. The highest BCUT2D eigenvalue weighted by molar-refractivity contribution is 5.76. The molecule has 0 aromatic heterocycles. The molecule has 2 unspecified atom stereocenters. The summed E-state index contributed by atoms with van der Waals surface area (Å²) in [4.78, 5) is 24.6. The first-order valence-corrected chi connectivity index (χ1v) is 35.1. The maximum Gasteiger partial charge on any atom is 0.305 e. The van der Waals surface area contributed by atoms with Crippen molar-refractivity contribution >= 4 is 11.9 Å². The van der Waals surface area contributed by atoms with E-state index in [9.17, 15) is 19.8 Å². The molecular weight excluding hydrogens is 947 g/mol. The van der Waals surface area contributed by atoms with Crippen LogP contribution in [-0.2, 0) is 14.3 Å². The van der Waals surface area contributed by atoms with Gasteiger partial charge in [-0.05, 0) is 57.8 Å². The van der Waals surface area contributed by atoms with E-state index in [1.165, 1.54) is 321 Å². The van der Waals surface area contributed by atoms with E-state index < -0.39 is 12.1 Å². The summed E-state index contributed by atoms with van der Waals surface area (Å²) >= 11 is 0. The van der Waals surface area contributed by atoms with E-state index in [2.05, 4.69) is 31.3 Å². The highest BCUT2D eigenvalue weighted by atomic mass is 16.5. The van der Waals surface area contributed by atoms with Crippen LogP contribution in [0.4, 0.5) is 0 Å². The molecule has 0 heterocycles. The number of unbranched alkanes of at least 4 members (excludes halogenated alkanes) is 53. The Labute approximate surface area is 481 Å². The summed E-state index contributed by atoms with van der Waals surface area (Å²) < 4.78 is 5.50. The zero-order chi connectivity index (χ0) is 55.7. The Morgan fingerprint density at radius 2 is 0.610 bits per heavy atom. The van der Waals surface area contributed by atoms with E-state index in [1.54, 1.807) is 6.08 Å². The average molecular weight is 1080 g/mol. The molecule has 0 rings (SSSR count). The number of hydrogen-bond donors (Lipinski definition) is 3. The van der Waals surface area contributed by atoms with E-state index in [4.69, 9.17) is 4.74 Å². The molecule has 0 spiro atoms. The predicted molar refractivity (Wildman–Crippen MR) is 338 cm³/mol. The van der Waals surface area contributed by atoms with Gasteiger partial charge >= 0.3 is 5.97 Å². The summed E-state index contributed by atoms with van der Waals surface area (Å²) in [7, 11) is 0. The van der Waals surface area contributed by atoms with Crippen molar-refractivity contribution in [2.45, 2.75) is 405 Å². The number of aliphatic hydroxyl groups excluding tert-OH is 2. The molecule has 0 saturated heterocycles. The van der Waals surface area contributed by atoms with Gasteiger partial charge in [0, 0.05) is 12.8 Å². The molecule has 6 nitrogen and oxygen atoms in total. The SMILES string of the molecule is CCCCCCCC/C=C\CCCCCCCCCC(=O)OCCCCCCCCCCCCCCCCCCCCCCCCCCCC(=O)NC(CO)C(O)/C=C/CCCCCCCCCCCCCCCCCC. The van der Waals surface area contributed by atoms with Gasteiger partial charge in [0.1, 0.15) is 0 Å². The smallest absolute Gasteiger partial charge is 0.305 e. The third-order valence-electron chi connectivity index (χ3n) is 16.5. The van der Waals surface area contributed by atoms with Gasteiger partial charge in [0.05, 0.1) is 25.4 Å². The fourth-order valence-corrected chi connectivity index (χ4v) is 11.1. The first kappa shape index (κ1) is 75.3. The van der Waals surface area contributed by atoms with E-state index >= 15 is 0 Å². The predicted octanol–water partition coefficient (Wildman–Crippen LogP) is 22.5. The quantitative estimate of drug-likeness (QED) is 0.0320. The molecule has 1 amide bonds. The first-order valence-electron chi connectivity index (χ1n) is 35.1. The fraction of sp³-hybridized carbons (Fsp3) is 0.915. The minimum atomic E-state index is -0.844. The molecule has 0 aromatic rings. The number of hydrogen-bond acceptors (Lipinski definition) is 5. The Balaban J connectivity index is 3.37. The van der Waals surface area contributed by atoms with Crippen molar-refractivity contribution in [3.8, 4) is 0 Å². The molecule has 0 aliphatic heterocycles. The van der Waals surface area contributed by atoms with Crippen molar-refractivity contribution < 1.29 is 24.5 Å². The Morgan fingerprint density at radius 3 is 0.922 bits per heavy atom. The van der Waals surface area contributed by atoms with Gasteiger partial charge in [-0.3, -0.25) is 9.59 Å². The second-order valence-corrected chi connectivity index (χ2v) is 24.2. The molecular formula is C71H137NO5. The van der Waals surface area contributed by atoms with E-state index in [0.717, 1.165) is 44.9 Å². The van der Waals surface area contributed by atoms with Crippen LogP contribution in [0.15, 0.2) is 24.3 Å². The van der Waals surface area contributed by atoms with Crippen LogP contribution in [-0.4, -0.2) is 47.4 Å². The summed E-state index contributed by atoms with van der Waals surface area (Å²) in [5.41, 5.74) is 0. The number of carbonyl (C=O) groups is 2. The molecule has 6 heteroatoms. The summed E-state index contributed by atoms with van der Waals surface area (Å²) in [5, 5.41) is 23.2. The Kier molecular flexibility index (Phi) is 65.4. The summed E-state index contributed by atoms with van der Waals surface area (Å²) in [6.07, 6.45) is 83.9. The van der Waals surface area contributed by atoms with Crippen molar-refractivity contribution in [2.24, 2.45) is 0 Å². The maximum atomic E-state index is 12.5. The molecule has 0 bridgehead atoms. The van der Waals surface area contributed by atoms with Gasteiger partial charge in [-0.15, -0.1) is 0 Å². The normalized spacial score (nSPS) is 12.6. The molecule has 0 aliphatic carbocycles.